The smallest absolute Gasteiger partial charge is 0.133 e. The van der Waals surface area contributed by atoms with Gasteiger partial charge in [0.25, 0.3) is 0 Å². The fourth-order valence-corrected chi connectivity index (χ4v) is 2.29. The van der Waals surface area contributed by atoms with Gasteiger partial charge < -0.3 is 9.84 Å². The Balaban J connectivity index is 2.33. The third kappa shape index (κ3) is 3.05. The van der Waals surface area contributed by atoms with Gasteiger partial charge in [-0.25, -0.2) is 0 Å². The molecule has 94 valence electrons. The number of aryl methyl sites for hydroxylation is 1. The van der Waals surface area contributed by atoms with Crippen LogP contribution in [0.1, 0.15) is 11.1 Å². The van der Waals surface area contributed by atoms with Gasteiger partial charge in [0.2, 0.25) is 0 Å². The molecule has 18 heavy (non-hydrogen) atoms. The maximum atomic E-state index is 9.29. The molecule has 2 rings (SSSR count). The minimum absolute atomic E-state index is 0.106. The van der Waals surface area contributed by atoms with Crippen molar-refractivity contribution in [2.75, 3.05) is 0 Å². The highest BCUT2D eigenvalue weighted by Gasteiger charge is 2.07. The summed E-state index contributed by atoms with van der Waals surface area (Å²) < 4.78 is 6.81. The number of benzene rings is 2. The van der Waals surface area contributed by atoms with E-state index in [1.165, 1.54) is 0 Å². The molecule has 0 saturated heterocycles. The van der Waals surface area contributed by atoms with E-state index in [1.807, 2.05) is 25.1 Å². The second kappa shape index (κ2) is 5.74. The first-order valence-electron chi connectivity index (χ1n) is 5.43. The molecule has 0 spiro atoms. The molecule has 2 aromatic carbocycles. The Labute approximate surface area is 119 Å². The summed E-state index contributed by atoms with van der Waals surface area (Å²) in [5.41, 5.74) is 1.69. The summed E-state index contributed by atoms with van der Waals surface area (Å²) in [7, 11) is 0. The summed E-state index contributed by atoms with van der Waals surface area (Å²) >= 11 is 9.28. The normalized spacial score (nSPS) is 10.4. The molecule has 0 heterocycles. The summed E-state index contributed by atoms with van der Waals surface area (Å²) in [6, 6.07) is 11.0. The maximum absolute atomic E-state index is 9.29. The van der Waals surface area contributed by atoms with Gasteiger partial charge in [-0.15, -0.1) is 0 Å². The molecule has 0 bridgehead atoms. The molecule has 0 amide bonds. The van der Waals surface area contributed by atoms with Crippen LogP contribution in [-0.2, 0) is 6.61 Å². The van der Waals surface area contributed by atoms with Crippen molar-refractivity contribution in [2.24, 2.45) is 0 Å². The van der Waals surface area contributed by atoms with Gasteiger partial charge in [0.05, 0.1) is 6.61 Å². The van der Waals surface area contributed by atoms with Crippen LogP contribution in [0.15, 0.2) is 40.9 Å². The van der Waals surface area contributed by atoms with Crippen LogP contribution >= 0.6 is 27.5 Å². The van der Waals surface area contributed by atoms with E-state index in [-0.39, 0.29) is 6.61 Å². The summed E-state index contributed by atoms with van der Waals surface area (Å²) in [4.78, 5) is 0. The van der Waals surface area contributed by atoms with Gasteiger partial charge in [0.1, 0.15) is 11.5 Å². The van der Waals surface area contributed by atoms with E-state index in [4.69, 9.17) is 16.3 Å². The number of hydrogen-bond acceptors (Lipinski definition) is 2. The molecule has 0 atom stereocenters. The molecule has 0 unspecified atom stereocenters. The van der Waals surface area contributed by atoms with E-state index in [0.29, 0.717) is 16.3 Å². The number of ether oxygens (including phenoxy) is 1. The van der Waals surface area contributed by atoms with E-state index < -0.39 is 0 Å². The highest BCUT2D eigenvalue weighted by Crippen LogP contribution is 2.31. The Morgan fingerprint density at radius 1 is 1.17 bits per heavy atom. The molecule has 0 aliphatic heterocycles. The predicted octanol–water partition coefficient (Wildman–Crippen LogP) is 4.70. The van der Waals surface area contributed by atoms with Crippen LogP contribution < -0.4 is 4.74 Å². The van der Waals surface area contributed by atoms with Crippen molar-refractivity contribution < 1.29 is 9.84 Å². The Morgan fingerprint density at radius 3 is 2.56 bits per heavy atom. The summed E-state index contributed by atoms with van der Waals surface area (Å²) in [5.74, 6) is 1.38. The lowest BCUT2D eigenvalue weighted by Crippen LogP contribution is -1.93. The lowest BCUT2D eigenvalue weighted by molar-refractivity contribution is 0.276. The first kappa shape index (κ1) is 13.4. The van der Waals surface area contributed by atoms with Crippen molar-refractivity contribution >= 4 is 27.5 Å². The third-order valence-electron chi connectivity index (χ3n) is 2.55. The maximum Gasteiger partial charge on any atom is 0.133 e. The minimum Gasteiger partial charge on any atom is -0.457 e. The molecular weight excluding hydrogens is 316 g/mol. The lowest BCUT2D eigenvalue weighted by Gasteiger charge is -2.12. The predicted molar refractivity (Wildman–Crippen MR) is 76.3 cm³/mol. The van der Waals surface area contributed by atoms with Crippen molar-refractivity contribution in [1.29, 1.82) is 0 Å². The lowest BCUT2D eigenvalue weighted by atomic mass is 10.2. The average Bonchev–Trinajstić information content (AvgIpc) is 2.34. The summed E-state index contributed by atoms with van der Waals surface area (Å²) in [5, 5.41) is 9.87. The average molecular weight is 328 g/mol. The summed E-state index contributed by atoms with van der Waals surface area (Å²) in [6.07, 6.45) is 0. The van der Waals surface area contributed by atoms with E-state index in [0.717, 1.165) is 15.8 Å². The van der Waals surface area contributed by atoms with Crippen LogP contribution in [0.3, 0.4) is 0 Å². The van der Waals surface area contributed by atoms with Gasteiger partial charge in [-0.3, -0.25) is 0 Å². The van der Waals surface area contributed by atoms with Crippen LogP contribution in [0.4, 0.5) is 0 Å². The number of aliphatic hydroxyl groups excluding tert-OH is 1. The second-order valence-corrected chi connectivity index (χ2v) is 5.27. The number of halogens is 2. The Hall–Kier alpha value is -1.03. The highest BCUT2D eigenvalue weighted by atomic mass is 79.9. The molecule has 4 heteroatoms. The zero-order chi connectivity index (χ0) is 13.1. The largest absolute Gasteiger partial charge is 0.457 e. The first-order chi connectivity index (χ1) is 8.60. The SMILES string of the molecule is Cc1cc(Br)ccc1Oc1ccc(Cl)cc1CO. The van der Waals surface area contributed by atoms with Gasteiger partial charge in [0.15, 0.2) is 0 Å². The van der Waals surface area contributed by atoms with Gasteiger partial charge in [0, 0.05) is 15.1 Å². The Bertz CT molecular complexity index is 570. The van der Waals surface area contributed by atoms with Crippen LogP contribution in [0, 0.1) is 6.92 Å². The molecule has 2 nitrogen and oxygen atoms in total. The summed E-state index contributed by atoms with van der Waals surface area (Å²) in [6.45, 7) is 1.86. The second-order valence-electron chi connectivity index (χ2n) is 3.92. The van der Waals surface area contributed by atoms with E-state index in [1.54, 1.807) is 18.2 Å². The van der Waals surface area contributed by atoms with Crippen molar-refractivity contribution in [3.05, 3.63) is 57.0 Å². The topological polar surface area (TPSA) is 29.5 Å². The number of aliphatic hydroxyl groups is 1. The van der Waals surface area contributed by atoms with Crippen LogP contribution in [-0.4, -0.2) is 5.11 Å². The van der Waals surface area contributed by atoms with Gasteiger partial charge >= 0.3 is 0 Å². The van der Waals surface area contributed by atoms with Gasteiger partial charge in [-0.2, -0.15) is 0 Å². The quantitative estimate of drug-likeness (QED) is 0.885. The van der Waals surface area contributed by atoms with Crippen LogP contribution in [0.5, 0.6) is 11.5 Å². The Morgan fingerprint density at radius 2 is 1.89 bits per heavy atom. The fraction of sp³-hybridized carbons (Fsp3) is 0.143. The standard InChI is InChI=1S/C14H12BrClO2/c1-9-6-11(15)2-4-13(9)18-14-5-3-12(16)7-10(14)8-17/h2-7,17H,8H2,1H3. The van der Waals surface area contributed by atoms with E-state index in [2.05, 4.69) is 15.9 Å². The number of rotatable bonds is 3. The molecule has 0 radical (unpaired) electrons. The van der Waals surface area contributed by atoms with Crippen LogP contribution in [0.25, 0.3) is 0 Å². The molecule has 0 fully saturated rings. The molecule has 0 aromatic heterocycles. The van der Waals surface area contributed by atoms with E-state index in [9.17, 15) is 5.11 Å². The minimum atomic E-state index is -0.106. The molecule has 0 aliphatic carbocycles. The van der Waals surface area contributed by atoms with E-state index >= 15 is 0 Å². The molecule has 0 aliphatic rings. The molecular formula is C14H12BrClO2. The van der Waals surface area contributed by atoms with Crippen molar-refractivity contribution in [2.45, 2.75) is 13.5 Å². The van der Waals surface area contributed by atoms with Gasteiger partial charge in [-0.1, -0.05) is 27.5 Å². The van der Waals surface area contributed by atoms with Crippen molar-refractivity contribution in [3.63, 3.8) is 0 Å². The van der Waals surface area contributed by atoms with Crippen molar-refractivity contribution in [1.82, 2.24) is 0 Å². The zero-order valence-corrected chi connectivity index (χ0v) is 12.1. The number of hydrogen-bond donors (Lipinski definition) is 1. The first-order valence-corrected chi connectivity index (χ1v) is 6.60. The zero-order valence-electron chi connectivity index (χ0n) is 9.78. The third-order valence-corrected chi connectivity index (χ3v) is 3.28. The molecule has 0 saturated carbocycles. The van der Waals surface area contributed by atoms with Gasteiger partial charge in [-0.05, 0) is 48.9 Å². The monoisotopic (exact) mass is 326 g/mol. The highest BCUT2D eigenvalue weighted by molar-refractivity contribution is 9.10. The molecule has 1 N–H and O–H groups in total. The fourth-order valence-electron chi connectivity index (χ4n) is 1.62. The van der Waals surface area contributed by atoms with Crippen molar-refractivity contribution in [3.8, 4) is 11.5 Å². The van der Waals surface area contributed by atoms with Crippen LogP contribution in [0.2, 0.25) is 5.02 Å². The Kier molecular flexibility index (Phi) is 4.27. The molecule has 2 aromatic rings.